The van der Waals surface area contributed by atoms with Gasteiger partial charge in [0.1, 0.15) is 0 Å². The molecule has 1 N–H and O–H groups in total. The third-order valence-electron chi connectivity index (χ3n) is 5.17. The summed E-state index contributed by atoms with van der Waals surface area (Å²) in [5, 5.41) is 3.75. The lowest BCUT2D eigenvalue weighted by Gasteiger charge is -2.41. The first-order valence-electron chi connectivity index (χ1n) is 8.50. The van der Waals surface area contributed by atoms with Gasteiger partial charge in [-0.15, -0.1) is 0 Å². The van der Waals surface area contributed by atoms with Crippen LogP contribution in [0.3, 0.4) is 0 Å². The zero-order chi connectivity index (χ0) is 14.1. The Labute approximate surface area is 120 Å². The standard InChI is InChI=1S/C17H35NO/c1-5-15(6-2)14-16(18-7-3)17(19-4)12-10-8-9-11-13-17/h15-16,18H,5-14H2,1-4H3. The Hall–Kier alpha value is -0.0800. The highest BCUT2D eigenvalue weighted by atomic mass is 16.5. The van der Waals surface area contributed by atoms with Crippen LogP contribution >= 0.6 is 0 Å². The Bertz CT molecular complexity index is 217. The molecule has 114 valence electrons. The van der Waals surface area contributed by atoms with E-state index in [1.54, 1.807) is 0 Å². The van der Waals surface area contributed by atoms with E-state index in [4.69, 9.17) is 4.74 Å². The van der Waals surface area contributed by atoms with Gasteiger partial charge in [0.15, 0.2) is 0 Å². The minimum atomic E-state index is 0.0924. The molecule has 1 unspecified atom stereocenters. The number of hydrogen-bond donors (Lipinski definition) is 1. The molecule has 0 heterocycles. The number of likely N-dealkylation sites (N-methyl/N-ethyl adjacent to an activating group) is 1. The van der Waals surface area contributed by atoms with E-state index in [2.05, 4.69) is 26.1 Å². The van der Waals surface area contributed by atoms with Crippen molar-refractivity contribution >= 4 is 0 Å². The summed E-state index contributed by atoms with van der Waals surface area (Å²) in [7, 11) is 1.93. The molecule has 0 aromatic rings. The molecule has 0 radical (unpaired) electrons. The molecule has 1 aliphatic rings. The van der Waals surface area contributed by atoms with Crippen LogP contribution in [-0.2, 0) is 4.74 Å². The van der Waals surface area contributed by atoms with Crippen LogP contribution in [0, 0.1) is 5.92 Å². The van der Waals surface area contributed by atoms with Crippen molar-refractivity contribution in [1.29, 1.82) is 0 Å². The number of nitrogens with one attached hydrogen (secondary N) is 1. The van der Waals surface area contributed by atoms with Gasteiger partial charge in [-0.2, -0.15) is 0 Å². The van der Waals surface area contributed by atoms with Crippen molar-refractivity contribution in [2.45, 2.75) is 90.2 Å². The van der Waals surface area contributed by atoms with Crippen LogP contribution in [0.2, 0.25) is 0 Å². The normalized spacial score (nSPS) is 21.3. The maximum Gasteiger partial charge on any atom is 0.0831 e. The predicted octanol–water partition coefficient (Wildman–Crippen LogP) is 4.53. The van der Waals surface area contributed by atoms with Crippen LogP contribution in [0.25, 0.3) is 0 Å². The van der Waals surface area contributed by atoms with E-state index < -0.39 is 0 Å². The molecule has 0 amide bonds. The van der Waals surface area contributed by atoms with E-state index >= 15 is 0 Å². The van der Waals surface area contributed by atoms with Crippen molar-refractivity contribution < 1.29 is 4.74 Å². The molecule has 2 nitrogen and oxygen atoms in total. The van der Waals surface area contributed by atoms with Gasteiger partial charge in [0.05, 0.1) is 5.60 Å². The predicted molar refractivity (Wildman–Crippen MR) is 83.6 cm³/mol. The summed E-state index contributed by atoms with van der Waals surface area (Å²) in [6.07, 6.45) is 11.8. The fourth-order valence-corrected chi connectivity index (χ4v) is 3.71. The highest BCUT2D eigenvalue weighted by Gasteiger charge is 2.39. The number of methoxy groups -OCH3 is 1. The number of ether oxygens (including phenoxy) is 1. The Balaban J connectivity index is 2.79. The maximum atomic E-state index is 6.10. The van der Waals surface area contributed by atoms with E-state index in [0.717, 1.165) is 12.5 Å². The molecule has 0 spiro atoms. The van der Waals surface area contributed by atoms with Gasteiger partial charge in [0.2, 0.25) is 0 Å². The average molecular weight is 269 g/mol. The number of hydrogen-bond acceptors (Lipinski definition) is 2. The van der Waals surface area contributed by atoms with Crippen LogP contribution < -0.4 is 5.32 Å². The molecule has 0 bridgehead atoms. The molecule has 1 rings (SSSR count). The summed E-state index contributed by atoms with van der Waals surface area (Å²) >= 11 is 0. The minimum absolute atomic E-state index is 0.0924. The molecule has 0 aromatic carbocycles. The van der Waals surface area contributed by atoms with E-state index in [1.165, 1.54) is 57.8 Å². The molecule has 0 saturated heterocycles. The lowest BCUT2D eigenvalue weighted by molar-refractivity contribution is -0.0582. The third-order valence-corrected chi connectivity index (χ3v) is 5.17. The van der Waals surface area contributed by atoms with Gasteiger partial charge in [0.25, 0.3) is 0 Å². The molecule has 1 atom stereocenters. The quantitative estimate of drug-likeness (QED) is 0.654. The fourth-order valence-electron chi connectivity index (χ4n) is 3.71. The van der Waals surface area contributed by atoms with Crippen molar-refractivity contribution in [3.05, 3.63) is 0 Å². The van der Waals surface area contributed by atoms with E-state index in [-0.39, 0.29) is 5.60 Å². The average Bonchev–Trinajstić information content (AvgIpc) is 2.69. The Morgan fingerprint density at radius 1 is 1.00 bits per heavy atom. The SMILES string of the molecule is CCNC(CC(CC)CC)C1(OC)CCCCCC1. The Morgan fingerprint density at radius 3 is 2.00 bits per heavy atom. The first-order chi connectivity index (χ1) is 9.22. The van der Waals surface area contributed by atoms with Crippen LogP contribution in [0.15, 0.2) is 0 Å². The van der Waals surface area contributed by atoms with Gasteiger partial charge >= 0.3 is 0 Å². The van der Waals surface area contributed by atoms with Crippen molar-refractivity contribution in [3.63, 3.8) is 0 Å². The van der Waals surface area contributed by atoms with E-state index in [0.29, 0.717) is 6.04 Å². The van der Waals surface area contributed by atoms with Gasteiger partial charge in [0, 0.05) is 13.2 Å². The molecule has 1 aliphatic carbocycles. The molecule has 1 fully saturated rings. The summed E-state index contributed by atoms with van der Waals surface area (Å²) in [5.41, 5.74) is 0.0924. The van der Waals surface area contributed by atoms with E-state index in [1.807, 2.05) is 7.11 Å². The fraction of sp³-hybridized carbons (Fsp3) is 1.00. The van der Waals surface area contributed by atoms with Crippen LogP contribution in [0.4, 0.5) is 0 Å². The maximum absolute atomic E-state index is 6.10. The zero-order valence-electron chi connectivity index (χ0n) is 13.6. The highest BCUT2D eigenvalue weighted by molar-refractivity contribution is 4.95. The third kappa shape index (κ3) is 4.75. The van der Waals surface area contributed by atoms with Crippen molar-refractivity contribution in [2.24, 2.45) is 5.92 Å². The molecule has 0 aromatic heterocycles. The smallest absolute Gasteiger partial charge is 0.0831 e. The molecular formula is C17H35NO. The first-order valence-corrected chi connectivity index (χ1v) is 8.50. The first kappa shape index (κ1) is 17.0. The minimum Gasteiger partial charge on any atom is -0.377 e. The van der Waals surface area contributed by atoms with Gasteiger partial charge in [-0.1, -0.05) is 59.3 Å². The second-order valence-corrected chi connectivity index (χ2v) is 6.21. The summed E-state index contributed by atoms with van der Waals surface area (Å²) in [6.45, 7) is 7.92. The van der Waals surface area contributed by atoms with Gasteiger partial charge in [-0.3, -0.25) is 0 Å². The van der Waals surface area contributed by atoms with Crippen molar-refractivity contribution in [3.8, 4) is 0 Å². The lowest BCUT2D eigenvalue weighted by atomic mass is 9.80. The van der Waals surface area contributed by atoms with Crippen molar-refractivity contribution in [1.82, 2.24) is 5.32 Å². The molecule has 2 heteroatoms. The Kier molecular flexibility index (Phi) is 8.01. The Morgan fingerprint density at radius 2 is 1.58 bits per heavy atom. The highest BCUT2D eigenvalue weighted by Crippen LogP contribution is 2.36. The molecule has 1 saturated carbocycles. The van der Waals surface area contributed by atoms with Crippen LogP contribution in [0.5, 0.6) is 0 Å². The van der Waals surface area contributed by atoms with Gasteiger partial charge in [-0.05, 0) is 31.7 Å². The van der Waals surface area contributed by atoms with E-state index in [9.17, 15) is 0 Å². The molecule has 19 heavy (non-hydrogen) atoms. The second kappa shape index (κ2) is 8.97. The lowest BCUT2D eigenvalue weighted by Crippen LogP contribution is -2.52. The van der Waals surface area contributed by atoms with Crippen molar-refractivity contribution in [2.75, 3.05) is 13.7 Å². The molecule has 0 aliphatic heterocycles. The number of rotatable bonds is 8. The monoisotopic (exact) mass is 269 g/mol. The summed E-state index contributed by atoms with van der Waals surface area (Å²) in [6, 6.07) is 0.533. The van der Waals surface area contributed by atoms with Crippen LogP contribution in [-0.4, -0.2) is 25.3 Å². The summed E-state index contributed by atoms with van der Waals surface area (Å²) < 4.78 is 6.10. The topological polar surface area (TPSA) is 21.3 Å². The second-order valence-electron chi connectivity index (χ2n) is 6.21. The van der Waals surface area contributed by atoms with Crippen LogP contribution in [0.1, 0.15) is 78.6 Å². The van der Waals surface area contributed by atoms with Gasteiger partial charge < -0.3 is 10.1 Å². The zero-order valence-corrected chi connectivity index (χ0v) is 13.6. The largest absolute Gasteiger partial charge is 0.377 e. The summed E-state index contributed by atoms with van der Waals surface area (Å²) in [5.74, 6) is 0.833. The van der Waals surface area contributed by atoms with Gasteiger partial charge in [-0.25, -0.2) is 0 Å². The molecular weight excluding hydrogens is 234 g/mol. The summed E-state index contributed by atoms with van der Waals surface area (Å²) in [4.78, 5) is 0.